The summed E-state index contributed by atoms with van der Waals surface area (Å²) in [4.78, 5) is 12.4. The topological polar surface area (TPSA) is 77.0 Å². The SMILES string of the molecule is COc1cc(C(C)NC(=O)c2cccc(OC)c2O)ccc1OC(F)F. The van der Waals surface area contributed by atoms with E-state index in [1.54, 1.807) is 13.0 Å². The molecule has 0 aliphatic heterocycles. The van der Waals surface area contributed by atoms with Crippen molar-refractivity contribution in [1.29, 1.82) is 0 Å². The van der Waals surface area contributed by atoms with Crippen LogP contribution in [-0.2, 0) is 0 Å². The lowest BCUT2D eigenvalue weighted by molar-refractivity contribution is -0.0512. The Kier molecular flexibility index (Phi) is 6.21. The number of aromatic hydroxyl groups is 1. The third-order valence-electron chi connectivity index (χ3n) is 3.71. The molecule has 26 heavy (non-hydrogen) atoms. The quantitative estimate of drug-likeness (QED) is 0.783. The molecule has 0 aliphatic carbocycles. The fourth-order valence-electron chi connectivity index (χ4n) is 2.37. The number of amides is 1. The predicted octanol–water partition coefficient (Wildman–Crippen LogP) is 3.50. The maximum atomic E-state index is 12.4. The average Bonchev–Trinajstić information content (AvgIpc) is 2.61. The monoisotopic (exact) mass is 367 g/mol. The van der Waals surface area contributed by atoms with Crippen LogP contribution in [0.3, 0.4) is 0 Å². The van der Waals surface area contributed by atoms with E-state index >= 15 is 0 Å². The predicted molar refractivity (Wildman–Crippen MR) is 90.2 cm³/mol. The van der Waals surface area contributed by atoms with Crippen molar-refractivity contribution < 1.29 is 32.9 Å². The summed E-state index contributed by atoms with van der Waals surface area (Å²) in [5.74, 6) is -0.581. The number of para-hydroxylation sites is 1. The second-order valence-corrected chi connectivity index (χ2v) is 5.34. The van der Waals surface area contributed by atoms with Gasteiger partial charge in [0.05, 0.1) is 25.8 Å². The third kappa shape index (κ3) is 4.33. The van der Waals surface area contributed by atoms with Gasteiger partial charge in [-0.1, -0.05) is 12.1 Å². The first-order chi connectivity index (χ1) is 12.4. The molecule has 0 saturated carbocycles. The largest absolute Gasteiger partial charge is 0.504 e. The molecule has 0 saturated heterocycles. The number of methoxy groups -OCH3 is 2. The number of hydrogen-bond acceptors (Lipinski definition) is 5. The van der Waals surface area contributed by atoms with Crippen molar-refractivity contribution in [2.75, 3.05) is 14.2 Å². The molecule has 2 N–H and O–H groups in total. The van der Waals surface area contributed by atoms with Gasteiger partial charge in [-0.2, -0.15) is 8.78 Å². The van der Waals surface area contributed by atoms with Gasteiger partial charge in [0.2, 0.25) is 0 Å². The standard InChI is InChI=1S/C18H19F2NO5/c1-10(11-7-8-13(26-18(19)20)15(9-11)25-3)21-17(23)12-5-4-6-14(24-2)16(12)22/h4-10,18,22H,1-3H3,(H,21,23). The van der Waals surface area contributed by atoms with Gasteiger partial charge in [0.25, 0.3) is 5.91 Å². The highest BCUT2D eigenvalue weighted by molar-refractivity contribution is 5.97. The minimum absolute atomic E-state index is 0.0563. The van der Waals surface area contributed by atoms with Crippen LogP contribution in [0.25, 0.3) is 0 Å². The van der Waals surface area contributed by atoms with Crippen molar-refractivity contribution in [2.24, 2.45) is 0 Å². The number of phenols is 1. The highest BCUT2D eigenvalue weighted by Gasteiger charge is 2.19. The maximum absolute atomic E-state index is 12.4. The molecule has 0 radical (unpaired) electrons. The van der Waals surface area contributed by atoms with Crippen molar-refractivity contribution in [1.82, 2.24) is 5.32 Å². The van der Waals surface area contributed by atoms with Gasteiger partial charge in [0, 0.05) is 0 Å². The van der Waals surface area contributed by atoms with E-state index in [2.05, 4.69) is 10.1 Å². The number of halogens is 2. The Hall–Kier alpha value is -3.03. The molecular formula is C18H19F2NO5. The molecule has 1 amide bonds. The Balaban J connectivity index is 2.19. The number of nitrogens with one attached hydrogen (secondary N) is 1. The number of carbonyl (C=O) groups is 1. The summed E-state index contributed by atoms with van der Waals surface area (Å²) >= 11 is 0. The Bertz CT molecular complexity index is 782. The normalized spacial score (nSPS) is 11.8. The van der Waals surface area contributed by atoms with Crippen LogP contribution < -0.4 is 19.5 Å². The van der Waals surface area contributed by atoms with Crippen LogP contribution >= 0.6 is 0 Å². The van der Waals surface area contributed by atoms with Crippen LogP contribution in [-0.4, -0.2) is 31.8 Å². The highest BCUT2D eigenvalue weighted by Crippen LogP contribution is 2.32. The van der Waals surface area contributed by atoms with Crippen LogP contribution in [0.5, 0.6) is 23.0 Å². The Labute approximate surface area is 149 Å². The Morgan fingerprint density at radius 1 is 1.08 bits per heavy atom. The molecule has 0 bridgehead atoms. The molecule has 0 aliphatic rings. The number of ether oxygens (including phenoxy) is 3. The molecule has 2 aromatic carbocycles. The molecule has 6 nitrogen and oxygen atoms in total. The fraction of sp³-hybridized carbons (Fsp3) is 0.278. The number of benzene rings is 2. The van der Waals surface area contributed by atoms with E-state index in [4.69, 9.17) is 9.47 Å². The molecular weight excluding hydrogens is 348 g/mol. The number of hydrogen-bond donors (Lipinski definition) is 2. The Morgan fingerprint density at radius 3 is 2.38 bits per heavy atom. The van der Waals surface area contributed by atoms with E-state index in [9.17, 15) is 18.7 Å². The second-order valence-electron chi connectivity index (χ2n) is 5.34. The summed E-state index contributed by atoms with van der Waals surface area (Å²) < 4.78 is 39.2. The van der Waals surface area contributed by atoms with Gasteiger partial charge in [-0.05, 0) is 36.8 Å². The van der Waals surface area contributed by atoms with E-state index in [1.165, 1.54) is 44.6 Å². The second kappa shape index (κ2) is 8.37. The fourth-order valence-corrected chi connectivity index (χ4v) is 2.37. The summed E-state index contributed by atoms with van der Waals surface area (Å²) in [6.45, 7) is -1.26. The zero-order valence-electron chi connectivity index (χ0n) is 14.5. The minimum Gasteiger partial charge on any atom is -0.504 e. The molecule has 0 spiro atoms. The van der Waals surface area contributed by atoms with Gasteiger partial charge in [-0.25, -0.2) is 0 Å². The van der Waals surface area contributed by atoms with Crippen LogP contribution in [0, 0.1) is 0 Å². The van der Waals surface area contributed by atoms with E-state index in [0.29, 0.717) is 5.56 Å². The summed E-state index contributed by atoms with van der Waals surface area (Å²) in [6.07, 6.45) is 0. The lowest BCUT2D eigenvalue weighted by Gasteiger charge is -2.17. The Morgan fingerprint density at radius 2 is 1.77 bits per heavy atom. The summed E-state index contributed by atoms with van der Waals surface area (Å²) in [5, 5.41) is 12.8. The average molecular weight is 367 g/mol. The van der Waals surface area contributed by atoms with Gasteiger partial charge in [0.15, 0.2) is 23.0 Å². The lowest BCUT2D eigenvalue weighted by Crippen LogP contribution is -2.26. The molecule has 2 rings (SSSR count). The van der Waals surface area contributed by atoms with Crippen LogP contribution in [0.2, 0.25) is 0 Å². The van der Waals surface area contributed by atoms with E-state index in [-0.39, 0.29) is 28.6 Å². The van der Waals surface area contributed by atoms with Crippen LogP contribution in [0.4, 0.5) is 8.78 Å². The van der Waals surface area contributed by atoms with Gasteiger partial charge in [0.1, 0.15) is 0 Å². The minimum atomic E-state index is -2.97. The zero-order valence-corrected chi connectivity index (χ0v) is 14.5. The maximum Gasteiger partial charge on any atom is 0.387 e. The first-order valence-corrected chi connectivity index (χ1v) is 7.67. The molecule has 140 valence electrons. The number of phenolic OH excluding ortho intramolecular Hbond substituents is 1. The molecule has 1 unspecified atom stereocenters. The van der Waals surface area contributed by atoms with Crippen molar-refractivity contribution in [3.05, 3.63) is 47.5 Å². The summed E-state index contributed by atoms with van der Waals surface area (Å²) in [6, 6.07) is 8.46. The van der Waals surface area contributed by atoms with Gasteiger partial charge < -0.3 is 24.6 Å². The third-order valence-corrected chi connectivity index (χ3v) is 3.71. The van der Waals surface area contributed by atoms with Crippen molar-refractivity contribution >= 4 is 5.91 Å². The van der Waals surface area contributed by atoms with E-state index < -0.39 is 18.6 Å². The summed E-state index contributed by atoms with van der Waals surface area (Å²) in [7, 11) is 2.71. The zero-order chi connectivity index (χ0) is 19.3. The van der Waals surface area contributed by atoms with Crippen molar-refractivity contribution in [2.45, 2.75) is 19.6 Å². The molecule has 0 fully saturated rings. The first kappa shape index (κ1) is 19.3. The van der Waals surface area contributed by atoms with Gasteiger partial charge in [-0.3, -0.25) is 4.79 Å². The lowest BCUT2D eigenvalue weighted by atomic mass is 10.1. The van der Waals surface area contributed by atoms with Crippen molar-refractivity contribution in [3.63, 3.8) is 0 Å². The summed E-state index contributed by atoms with van der Waals surface area (Å²) in [5.41, 5.74) is 0.667. The molecule has 0 aromatic heterocycles. The number of alkyl halides is 2. The van der Waals surface area contributed by atoms with Crippen LogP contribution in [0.1, 0.15) is 28.9 Å². The highest BCUT2D eigenvalue weighted by atomic mass is 19.3. The van der Waals surface area contributed by atoms with Crippen molar-refractivity contribution in [3.8, 4) is 23.0 Å². The van der Waals surface area contributed by atoms with Gasteiger partial charge >= 0.3 is 6.61 Å². The first-order valence-electron chi connectivity index (χ1n) is 7.67. The van der Waals surface area contributed by atoms with E-state index in [1.807, 2.05) is 0 Å². The van der Waals surface area contributed by atoms with Crippen LogP contribution in [0.15, 0.2) is 36.4 Å². The molecule has 0 heterocycles. The molecule has 2 aromatic rings. The number of carbonyl (C=O) groups excluding carboxylic acids is 1. The molecule has 1 atom stereocenters. The number of rotatable bonds is 7. The van der Waals surface area contributed by atoms with Gasteiger partial charge in [-0.15, -0.1) is 0 Å². The molecule has 8 heteroatoms. The van der Waals surface area contributed by atoms with E-state index in [0.717, 1.165) is 0 Å². The smallest absolute Gasteiger partial charge is 0.387 e.